The number of fused-ring (bicyclic) bond motifs is 1. The Morgan fingerprint density at radius 3 is 2.63 bits per heavy atom. The van der Waals surface area contributed by atoms with Crippen molar-refractivity contribution in [2.24, 2.45) is 11.8 Å². The zero-order valence-electron chi connectivity index (χ0n) is 20.0. The monoisotopic (exact) mass is 486 g/mol. The van der Waals surface area contributed by atoms with Gasteiger partial charge in [-0.3, -0.25) is 19.3 Å². The van der Waals surface area contributed by atoms with Gasteiger partial charge in [-0.2, -0.15) is 0 Å². The van der Waals surface area contributed by atoms with E-state index in [1.165, 1.54) is 4.90 Å². The van der Waals surface area contributed by atoms with Crippen LogP contribution in [0.25, 0.3) is 0 Å². The maximum atomic E-state index is 14.0. The number of aliphatic hydroxyl groups excluding tert-OH is 1. The molecule has 1 aromatic rings. The minimum Gasteiger partial charge on any atom is -0.394 e. The zero-order chi connectivity index (χ0) is 24.6. The molecule has 3 N–H and O–H groups in total. The van der Waals surface area contributed by atoms with Crippen molar-refractivity contribution in [2.45, 2.75) is 36.6 Å². The van der Waals surface area contributed by atoms with E-state index < -0.39 is 29.5 Å². The number of ether oxygens (including phenoxy) is 2. The summed E-state index contributed by atoms with van der Waals surface area (Å²) in [5, 5.41) is 16.1. The van der Waals surface area contributed by atoms with Crippen LogP contribution in [0, 0.1) is 11.8 Å². The lowest BCUT2D eigenvalue weighted by molar-refractivity contribution is -0.145. The number of hydrogen-bond donors (Lipinski definition) is 3. The van der Waals surface area contributed by atoms with Crippen LogP contribution in [0.1, 0.15) is 24.4 Å². The molecule has 2 bridgehead atoms. The predicted molar refractivity (Wildman–Crippen MR) is 125 cm³/mol. The summed E-state index contributed by atoms with van der Waals surface area (Å²) < 4.78 is 11.8. The lowest BCUT2D eigenvalue weighted by Crippen LogP contribution is -2.57. The van der Waals surface area contributed by atoms with E-state index in [0.29, 0.717) is 39.1 Å². The zero-order valence-corrected chi connectivity index (χ0v) is 20.0. The van der Waals surface area contributed by atoms with E-state index in [9.17, 15) is 19.5 Å². The van der Waals surface area contributed by atoms with Crippen molar-refractivity contribution in [3.05, 3.63) is 35.9 Å². The molecule has 2 unspecified atom stereocenters. The van der Waals surface area contributed by atoms with Crippen molar-refractivity contribution in [2.75, 3.05) is 53.0 Å². The second kappa shape index (κ2) is 9.85. The minimum atomic E-state index is -1.08. The third-order valence-corrected chi connectivity index (χ3v) is 8.06. The highest BCUT2D eigenvalue weighted by Crippen LogP contribution is 2.59. The molecule has 4 aliphatic rings. The maximum Gasteiger partial charge on any atom is 0.245 e. The lowest BCUT2D eigenvalue weighted by atomic mass is 9.70. The van der Waals surface area contributed by atoms with Crippen molar-refractivity contribution >= 4 is 17.7 Å². The van der Waals surface area contributed by atoms with E-state index in [-0.39, 0.29) is 30.4 Å². The van der Waals surface area contributed by atoms with Gasteiger partial charge in [0.1, 0.15) is 11.6 Å². The standard InChI is InChI=1S/C25H34N4O6/c1-26-22(31)19-18-7-8-25(35-18)20(19)24(33)29(17(15-30)16-5-3-2-4-6-16)21(25)23(32)27-9-10-28-11-13-34-14-12-28/h2-6,17-21,30H,7-15H2,1H3,(H,26,31)(H,27,32)/t17-,18+,19-,20+,21?,25?/m1/s1. The summed E-state index contributed by atoms with van der Waals surface area (Å²) >= 11 is 0. The van der Waals surface area contributed by atoms with Gasteiger partial charge in [-0.15, -0.1) is 0 Å². The summed E-state index contributed by atoms with van der Waals surface area (Å²) in [6, 6.07) is 7.56. The first-order valence-electron chi connectivity index (χ1n) is 12.5. The molecule has 35 heavy (non-hydrogen) atoms. The second-order valence-electron chi connectivity index (χ2n) is 9.77. The molecule has 0 saturated carbocycles. The van der Waals surface area contributed by atoms with Gasteiger partial charge in [0.25, 0.3) is 0 Å². The molecular formula is C25H34N4O6. The number of hydrogen-bond acceptors (Lipinski definition) is 7. The van der Waals surface area contributed by atoms with Crippen LogP contribution in [-0.4, -0.2) is 103 Å². The molecule has 10 nitrogen and oxygen atoms in total. The Morgan fingerprint density at radius 1 is 1.20 bits per heavy atom. The van der Waals surface area contributed by atoms with Crippen LogP contribution in [-0.2, 0) is 23.9 Å². The Kier molecular flexibility index (Phi) is 6.80. The molecule has 190 valence electrons. The largest absolute Gasteiger partial charge is 0.394 e. The maximum absolute atomic E-state index is 14.0. The van der Waals surface area contributed by atoms with Gasteiger partial charge in [0, 0.05) is 33.2 Å². The second-order valence-corrected chi connectivity index (χ2v) is 9.77. The van der Waals surface area contributed by atoms with Gasteiger partial charge in [0.2, 0.25) is 17.7 Å². The number of carbonyl (C=O) groups excluding carboxylic acids is 3. The average molecular weight is 487 g/mol. The molecule has 4 saturated heterocycles. The van der Waals surface area contributed by atoms with Gasteiger partial charge in [0.15, 0.2) is 0 Å². The Hall–Kier alpha value is -2.53. The van der Waals surface area contributed by atoms with Crippen LogP contribution in [0.2, 0.25) is 0 Å². The quantitative estimate of drug-likeness (QED) is 0.444. The first-order chi connectivity index (χ1) is 17.0. The van der Waals surface area contributed by atoms with Gasteiger partial charge in [-0.05, 0) is 18.4 Å². The first kappa shape index (κ1) is 24.2. The van der Waals surface area contributed by atoms with Crippen molar-refractivity contribution in [3.8, 4) is 0 Å². The van der Waals surface area contributed by atoms with Gasteiger partial charge in [-0.1, -0.05) is 30.3 Å². The Morgan fingerprint density at radius 2 is 1.94 bits per heavy atom. The van der Waals surface area contributed by atoms with Crippen molar-refractivity contribution in [1.82, 2.24) is 20.4 Å². The number of carbonyl (C=O) groups is 3. The molecule has 0 aliphatic carbocycles. The number of likely N-dealkylation sites (tertiary alicyclic amines) is 1. The van der Waals surface area contributed by atoms with E-state index in [1.807, 2.05) is 30.3 Å². The average Bonchev–Trinajstić information content (AvgIpc) is 3.53. The van der Waals surface area contributed by atoms with Gasteiger partial charge < -0.3 is 30.1 Å². The third kappa shape index (κ3) is 4.02. The predicted octanol–water partition coefficient (Wildman–Crippen LogP) is -0.711. The SMILES string of the molecule is CNC(=O)[C@@H]1[C@@H]2CCC3(O2)C(C(=O)NCCN2CCOCC2)N([C@H](CO)c2ccccc2)C(=O)[C@H]13. The van der Waals surface area contributed by atoms with Crippen molar-refractivity contribution < 1.29 is 29.0 Å². The molecule has 6 atom stereocenters. The molecule has 0 radical (unpaired) electrons. The van der Waals surface area contributed by atoms with Crippen LogP contribution < -0.4 is 10.6 Å². The normalized spacial score (nSPS) is 33.0. The molecule has 5 rings (SSSR count). The van der Waals surface area contributed by atoms with E-state index >= 15 is 0 Å². The fourth-order valence-corrected chi connectivity index (χ4v) is 6.48. The highest BCUT2D eigenvalue weighted by atomic mass is 16.5. The third-order valence-electron chi connectivity index (χ3n) is 8.06. The Balaban J connectivity index is 1.45. The number of nitrogens with zero attached hydrogens (tertiary/aromatic N) is 2. The number of nitrogens with one attached hydrogen (secondary N) is 2. The number of aliphatic hydroxyl groups is 1. The van der Waals surface area contributed by atoms with E-state index in [1.54, 1.807) is 7.05 Å². The topological polar surface area (TPSA) is 120 Å². The number of benzene rings is 1. The van der Waals surface area contributed by atoms with E-state index in [0.717, 1.165) is 18.7 Å². The van der Waals surface area contributed by atoms with Crippen LogP contribution >= 0.6 is 0 Å². The number of morpholine rings is 1. The highest BCUT2D eigenvalue weighted by molar-refractivity contribution is 5.99. The molecule has 4 heterocycles. The molecular weight excluding hydrogens is 452 g/mol. The Bertz CT molecular complexity index is 955. The fourth-order valence-electron chi connectivity index (χ4n) is 6.48. The van der Waals surface area contributed by atoms with Crippen molar-refractivity contribution in [3.63, 3.8) is 0 Å². The fraction of sp³-hybridized carbons (Fsp3) is 0.640. The van der Waals surface area contributed by atoms with Gasteiger partial charge in [0.05, 0.1) is 43.8 Å². The Labute approximate surface area is 204 Å². The smallest absolute Gasteiger partial charge is 0.245 e. The summed E-state index contributed by atoms with van der Waals surface area (Å²) in [6.45, 7) is 3.74. The summed E-state index contributed by atoms with van der Waals surface area (Å²) in [5.74, 6) is -2.26. The van der Waals surface area contributed by atoms with Crippen LogP contribution in [0.15, 0.2) is 30.3 Å². The van der Waals surface area contributed by atoms with Crippen LogP contribution in [0.3, 0.4) is 0 Å². The lowest BCUT2D eigenvalue weighted by Gasteiger charge is -2.37. The summed E-state index contributed by atoms with van der Waals surface area (Å²) in [6.07, 6.45) is 0.744. The van der Waals surface area contributed by atoms with E-state index in [4.69, 9.17) is 9.47 Å². The molecule has 4 aliphatic heterocycles. The summed E-state index contributed by atoms with van der Waals surface area (Å²) in [7, 11) is 1.55. The summed E-state index contributed by atoms with van der Waals surface area (Å²) in [5.41, 5.74) is -0.346. The summed E-state index contributed by atoms with van der Waals surface area (Å²) in [4.78, 5) is 44.2. The molecule has 3 amide bonds. The molecule has 10 heteroatoms. The van der Waals surface area contributed by atoms with Crippen LogP contribution in [0.5, 0.6) is 0 Å². The molecule has 4 fully saturated rings. The van der Waals surface area contributed by atoms with Gasteiger partial charge >= 0.3 is 0 Å². The van der Waals surface area contributed by atoms with Crippen molar-refractivity contribution in [1.29, 1.82) is 0 Å². The molecule has 0 aromatic heterocycles. The minimum absolute atomic E-state index is 0.247. The number of amides is 3. The number of rotatable bonds is 8. The van der Waals surface area contributed by atoms with E-state index in [2.05, 4.69) is 15.5 Å². The molecule has 1 spiro atoms. The van der Waals surface area contributed by atoms with Gasteiger partial charge in [-0.25, -0.2) is 0 Å². The highest BCUT2D eigenvalue weighted by Gasteiger charge is 2.75. The first-order valence-corrected chi connectivity index (χ1v) is 12.5. The molecule has 1 aromatic carbocycles. The van der Waals surface area contributed by atoms with Crippen LogP contribution in [0.4, 0.5) is 0 Å².